The lowest BCUT2D eigenvalue weighted by Gasteiger charge is -2.27. The number of anilines is 1. The Balaban J connectivity index is 1.97. The molecule has 0 saturated carbocycles. The maximum Gasteiger partial charge on any atom is 0.248 e. The topological polar surface area (TPSA) is 55.6 Å². The van der Waals surface area contributed by atoms with E-state index < -0.39 is 5.91 Å². The van der Waals surface area contributed by atoms with Crippen LogP contribution in [0.25, 0.3) is 0 Å². The van der Waals surface area contributed by atoms with Crippen LogP contribution < -0.4 is 15.4 Å². The number of nitrogens with zero attached hydrogens (tertiary/aromatic N) is 1. The zero-order valence-electron chi connectivity index (χ0n) is 23.7. The van der Waals surface area contributed by atoms with Crippen molar-refractivity contribution in [3.63, 3.8) is 0 Å². The van der Waals surface area contributed by atoms with Gasteiger partial charge in [0.05, 0.1) is 12.3 Å². The van der Waals surface area contributed by atoms with Gasteiger partial charge in [0.2, 0.25) is 5.91 Å². The van der Waals surface area contributed by atoms with Gasteiger partial charge >= 0.3 is 0 Å². The van der Waals surface area contributed by atoms with Crippen LogP contribution in [0.4, 0.5) is 5.69 Å². The molecule has 0 aliphatic carbocycles. The number of hydrogen-bond acceptors (Lipinski definition) is 4. The van der Waals surface area contributed by atoms with Crippen molar-refractivity contribution in [2.75, 3.05) is 24.6 Å². The standard InChI is InChI=1S/C32H47ClN2O2S/c1-5-26(13-8-7-12-24(3)25(4)38)19-20-35(6-2)30-23-28(32(34)36)17-18-31(30)37-21-10-9-14-27-15-11-16-29(33)22-27/h7-8,11,15-18,22-26,38H,5-6,9-10,12-14,19-21H2,1-4H3,(H2,34,36)/b8-7+/t24-,25+,26-/m0/s1. The Bertz CT molecular complexity index is 1010. The number of unbranched alkanes of at least 4 members (excludes halogenated alkanes) is 1. The number of ether oxygens (including phenoxy) is 1. The third-order valence-electron chi connectivity index (χ3n) is 7.32. The Kier molecular flexibility index (Phi) is 14.8. The molecular weight excluding hydrogens is 512 g/mol. The first-order chi connectivity index (χ1) is 18.2. The molecule has 0 aromatic heterocycles. The molecule has 2 rings (SSSR count). The van der Waals surface area contributed by atoms with Gasteiger partial charge < -0.3 is 15.4 Å². The molecule has 4 nitrogen and oxygen atoms in total. The van der Waals surface area contributed by atoms with Crippen LogP contribution in [0.5, 0.6) is 5.75 Å². The van der Waals surface area contributed by atoms with Crippen molar-refractivity contribution in [3.8, 4) is 5.75 Å². The molecule has 0 heterocycles. The summed E-state index contributed by atoms with van der Waals surface area (Å²) < 4.78 is 6.23. The van der Waals surface area contributed by atoms with E-state index in [1.165, 1.54) is 5.56 Å². The number of rotatable bonds is 18. The quantitative estimate of drug-likeness (QED) is 0.110. The molecule has 2 N–H and O–H groups in total. The molecule has 3 atom stereocenters. The van der Waals surface area contributed by atoms with Crippen LogP contribution >= 0.6 is 24.2 Å². The van der Waals surface area contributed by atoms with Gasteiger partial charge in [-0.25, -0.2) is 0 Å². The van der Waals surface area contributed by atoms with E-state index in [1.54, 1.807) is 6.07 Å². The van der Waals surface area contributed by atoms with Crippen LogP contribution in [0.3, 0.4) is 0 Å². The molecule has 0 aliphatic rings. The lowest BCUT2D eigenvalue weighted by atomic mass is 9.96. The summed E-state index contributed by atoms with van der Waals surface area (Å²) in [5.74, 6) is 1.58. The van der Waals surface area contributed by atoms with Crippen molar-refractivity contribution in [2.45, 2.75) is 77.9 Å². The highest BCUT2D eigenvalue weighted by Crippen LogP contribution is 2.31. The van der Waals surface area contributed by atoms with Gasteiger partial charge in [-0.05, 0) is 93.2 Å². The first-order valence-corrected chi connectivity index (χ1v) is 15.0. The highest BCUT2D eigenvalue weighted by atomic mass is 35.5. The maximum absolute atomic E-state index is 11.9. The van der Waals surface area contributed by atoms with Crippen molar-refractivity contribution in [2.24, 2.45) is 17.6 Å². The first kappa shape index (κ1) is 32.1. The molecule has 0 spiro atoms. The van der Waals surface area contributed by atoms with E-state index in [4.69, 9.17) is 22.1 Å². The van der Waals surface area contributed by atoms with Crippen LogP contribution in [0.15, 0.2) is 54.6 Å². The van der Waals surface area contributed by atoms with Gasteiger partial charge in [0.15, 0.2) is 0 Å². The molecule has 0 aliphatic heterocycles. The summed E-state index contributed by atoms with van der Waals surface area (Å²) in [6, 6.07) is 13.5. The van der Waals surface area contributed by atoms with E-state index in [0.717, 1.165) is 74.5 Å². The fourth-order valence-electron chi connectivity index (χ4n) is 4.42. The summed E-state index contributed by atoms with van der Waals surface area (Å²) in [5, 5.41) is 1.19. The van der Waals surface area contributed by atoms with Gasteiger partial charge in [0.1, 0.15) is 5.75 Å². The average molecular weight is 559 g/mol. The lowest BCUT2D eigenvalue weighted by Crippen LogP contribution is -2.27. The predicted octanol–water partition coefficient (Wildman–Crippen LogP) is 8.37. The van der Waals surface area contributed by atoms with Crippen molar-refractivity contribution in [1.82, 2.24) is 0 Å². The Morgan fingerprint density at radius 3 is 2.53 bits per heavy atom. The van der Waals surface area contributed by atoms with E-state index in [2.05, 4.69) is 63.4 Å². The van der Waals surface area contributed by atoms with Gasteiger partial charge in [0, 0.05) is 28.9 Å². The summed E-state index contributed by atoms with van der Waals surface area (Å²) in [6.07, 6.45) is 11.9. The molecular formula is C32H47ClN2O2S. The zero-order chi connectivity index (χ0) is 27.9. The van der Waals surface area contributed by atoms with E-state index in [0.29, 0.717) is 29.3 Å². The minimum atomic E-state index is -0.420. The monoisotopic (exact) mass is 558 g/mol. The van der Waals surface area contributed by atoms with E-state index in [1.807, 2.05) is 30.3 Å². The van der Waals surface area contributed by atoms with Gasteiger partial charge in [-0.1, -0.05) is 63.1 Å². The number of benzene rings is 2. The molecule has 0 radical (unpaired) electrons. The third kappa shape index (κ3) is 11.3. The van der Waals surface area contributed by atoms with Crippen LogP contribution in [0.2, 0.25) is 5.02 Å². The second-order valence-electron chi connectivity index (χ2n) is 10.3. The van der Waals surface area contributed by atoms with Gasteiger partial charge in [-0.15, -0.1) is 0 Å². The summed E-state index contributed by atoms with van der Waals surface area (Å²) in [6.45, 7) is 11.2. The number of aryl methyl sites for hydroxylation is 1. The van der Waals surface area contributed by atoms with Crippen molar-refractivity contribution < 1.29 is 9.53 Å². The highest BCUT2D eigenvalue weighted by Gasteiger charge is 2.16. The van der Waals surface area contributed by atoms with Crippen LogP contribution in [0, 0.1) is 11.8 Å². The number of hydrogen-bond donors (Lipinski definition) is 2. The van der Waals surface area contributed by atoms with Crippen molar-refractivity contribution in [3.05, 3.63) is 70.8 Å². The van der Waals surface area contributed by atoms with Crippen molar-refractivity contribution in [1.29, 1.82) is 0 Å². The third-order valence-corrected chi connectivity index (χ3v) is 8.07. The number of thiol groups is 1. The number of allylic oxidation sites excluding steroid dienone is 2. The second kappa shape index (κ2) is 17.5. The lowest BCUT2D eigenvalue weighted by molar-refractivity contribution is 0.1000. The average Bonchev–Trinajstić information content (AvgIpc) is 2.90. The molecule has 210 valence electrons. The fraction of sp³-hybridized carbons (Fsp3) is 0.531. The Morgan fingerprint density at radius 1 is 1.11 bits per heavy atom. The van der Waals surface area contributed by atoms with Gasteiger partial charge in [-0.3, -0.25) is 4.79 Å². The predicted molar refractivity (Wildman–Crippen MR) is 167 cm³/mol. The van der Waals surface area contributed by atoms with Gasteiger partial charge in [0.25, 0.3) is 0 Å². The van der Waals surface area contributed by atoms with E-state index in [-0.39, 0.29) is 0 Å². The Morgan fingerprint density at radius 2 is 1.87 bits per heavy atom. The molecule has 2 aromatic rings. The molecule has 6 heteroatoms. The Hall–Kier alpha value is -2.11. The molecule has 38 heavy (non-hydrogen) atoms. The van der Waals surface area contributed by atoms with E-state index >= 15 is 0 Å². The molecule has 0 bridgehead atoms. The first-order valence-electron chi connectivity index (χ1n) is 14.1. The van der Waals surface area contributed by atoms with E-state index in [9.17, 15) is 4.79 Å². The Labute approximate surface area is 241 Å². The normalized spacial score (nSPS) is 13.8. The minimum Gasteiger partial charge on any atom is -0.491 e. The second-order valence-corrected chi connectivity index (χ2v) is 11.5. The number of halogens is 1. The number of carbonyl (C=O) groups is 1. The fourth-order valence-corrected chi connectivity index (χ4v) is 4.75. The number of nitrogens with two attached hydrogens (primary N) is 1. The minimum absolute atomic E-state index is 0.412. The van der Waals surface area contributed by atoms with Crippen LogP contribution in [0.1, 0.15) is 82.1 Å². The summed E-state index contributed by atoms with van der Waals surface area (Å²) in [4.78, 5) is 14.2. The molecule has 2 aromatic carbocycles. The highest BCUT2D eigenvalue weighted by molar-refractivity contribution is 7.80. The molecule has 0 unspecified atom stereocenters. The number of primary amides is 1. The molecule has 1 amide bonds. The number of carbonyl (C=O) groups excluding carboxylic acids is 1. The maximum atomic E-state index is 11.9. The van der Waals surface area contributed by atoms with Crippen LogP contribution in [-0.2, 0) is 6.42 Å². The SMILES string of the molecule is CC[C@@H](C/C=C/C[C@H](C)[C@@H](C)S)CCN(CC)c1cc(C(N)=O)ccc1OCCCCc1cccc(Cl)c1. The summed E-state index contributed by atoms with van der Waals surface area (Å²) in [5.41, 5.74) is 8.31. The largest absolute Gasteiger partial charge is 0.491 e. The van der Waals surface area contributed by atoms with Crippen molar-refractivity contribution >= 4 is 35.8 Å². The smallest absolute Gasteiger partial charge is 0.248 e. The molecule has 0 saturated heterocycles. The van der Waals surface area contributed by atoms with Crippen LogP contribution in [-0.4, -0.2) is 30.9 Å². The summed E-state index contributed by atoms with van der Waals surface area (Å²) >= 11 is 10.7. The van der Waals surface area contributed by atoms with Gasteiger partial charge in [-0.2, -0.15) is 12.6 Å². The molecule has 0 fully saturated rings. The summed E-state index contributed by atoms with van der Waals surface area (Å²) in [7, 11) is 0. The zero-order valence-corrected chi connectivity index (χ0v) is 25.3. The number of amides is 1.